The molecule has 0 aliphatic heterocycles. The van der Waals surface area contributed by atoms with Gasteiger partial charge in [-0.1, -0.05) is 6.07 Å². The van der Waals surface area contributed by atoms with E-state index in [1.165, 1.54) is 18.3 Å². The van der Waals surface area contributed by atoms with E-state index in [0.29, 0.717) is 0 Å². The molecule has 31 heavy (non-hydrogen) atoms. The molecule has 0 atom stereocenters. The van der Waals surface area contributed by atoms with Crippen molar-refractivity contribution >= 4 is 31.7 Å². The van der Waals surface area contributed by atoms with E-state index in [1.54, 1.807) is 6.07 Å². The Morgan fingerprint density at radius 2 is 1.74 bits per heavy atom. The fourth-order valence-corrected chi connectivity index (χ4v) is 5.66. The van der Waals surface area contributed by atoms with E-state index in [-0.39, 0.29) is 35.6 Å². The third kappa shape index (κ3) is 5.25. The van der Waals surface area contributed by atoms with E-state index in [9.17, 15) is 16.8 Å². The van der Waals surface area contributed by atoms with Crippen molar-refractivity contribution in [2.75, 3.05) is 18.8 Å². The van der Waals surface area contributed by atoms with Gasteiger partial charge in [0.2, 0.25) is 20.0 Å². The number of rotatable bonds is 9. The van der Waals surface area contributed by atoms with Gasteiger partial charge in [-0.15, -0.1) is 5.10 Å². The Bertz CT molecular complexity index is 1190. The second-order valence-corrected chi connectivity index (χ2v) is 9.39. The molecule has 14 nitrogen and oxygen atoms in total. The summed E-state index contributed by atoms with van der Waals surface area (Å²) in [5.41, 5.74) is 24.8. The quantitative estimate of drug-likeness (QED) is 0.0771. The van der Waals surface area contributed by atoms with Crippen LogP contribution in [0.25, 0.3) is 11.1 Å². The zero-order chi connectivity index (χ0) is 23.4. The van der Waals surface area contributed by atoms with Crippen LogP contribution in [-0.4, -0.2) is 46.8 Å². The monoisotopic (exact) mass is 472 g/mol. The van der Waals surface area contributed by atoms with Crippen molar-refractivity contribution in [2.24, 2.45) is 33.3 Å². The van der Waals surface area contributed by atoms with Gasteiger partial charge in [0.25, 0.3) is 0 Å². The summed E-state index contributed by atoms with van der Waals surface area (Å²) in [4.78, 5) is 2.45. The first kappa shape index (κ1) is 24.4. The third-order valence-electron chi connectivity index (χ3n) is 4.16. The second kappa shape index (κ2) is 9.52. The summed E-state index contributed by atoms with van der Waals surface area (Å²) in [5, 5.41) is 8.98. The molecular weight excluding hydrogens is 448 g/mol. The lowest BCUT2D eigenvalue weighted by Crippen LogP contribution is -2.45. The molecule has 0 spiro atoms. The molecule has 0 aliphatic rings. The highest BCUT2D eigenvalue weighted by atomic mass is 32.2. The summed E-state index contributed by atoms with van der Waals surface area (Å²) in [6.45, 7) is -0.253. The molecule has 0 unspecified atom stereocenters. The van der Waals surface area contributed by atoms with Gasteiger partial charge in [0.15, 0.2) is 5.84 Å². The van der Waals surface area contributed by atoms with Crippen LogP contribution >= 0.6 is 0 Å². The highest BCUT2D eigenvalue weighted by molar-refractivity contribution is 7.92. The summed E-state index contributed by atoms with van der Waals surface area (Å²) in [6, 6.07) is 4.56. The molecule has 16 heteroatoms. The molecule has 0 saturated heterocycles. The van der Waals surface area contributed by atoms with Crippen molar-refractivity contribution in [1.82, 2.24) is 15.2 Å². The Labute approximate surface area is 179 Å². The van der Waals surface area contributed by atoms with E-state index in [1.807, 2.05) is 5.53 Å². The van der Waals surface area contributed by atoms with Crippen LogP contribution in [0.2, 0.25) is 0 Å². The molecule has 170 valence electrons. The van der Waals surface area contributed by atoms with Gasteiger partial charge in [0, 0.05) is 36.5 Å². The minimum Gasteiger partial charge on any atom is -0.383 e. The maximum Gasteiger partial charge on any atom is 0.242 e. The summed E-state index contributed by atoms with van der Waals surface area (Å²) in [7, 11) is -9.13. The largest absolute Gasteiger partial charge is 0.383 e. The number of hydrazone groups is 1. The number of aromatic nitrogens is 1. The number of hydrazine groups is 1. The van der Waals surface area contributed by atoms with E-state index in [0.717, 1.165) is 6.07 Å². The van der Waals surface area contributed by atoms with Gasteiger partial charge in [-0.2, -0.15) is 0 Å². The molecule has 2 rings (SSSR count). The van der Waals surface area contributed by atoms with Crippen LogP contribution in [0.1, 0.15) is 5.56 Å². The molecule has 14 N–H and O–H groups in total. The lowest BCUT2D eigenvalue weighted by molar-refractivity contribution is 0.548. The first-order chi connectivity index (χ1) is 14.5. The Balaban J connectivity index is 2.99. The topological polar surface area (TPSA) is 274 Å². The second-order valence-electron chi connectivity index (χ2n) is 6.21. The van der Waals surface area contributed by atoms with Crippen LogP contribution in [-0.2, 0) is 20.0 Å². The van der Waals surface area contributed by atoms with Crippen LogP contribution in [0.15, 0.2) is 45.4 Å². The number of hydrogen-bond acceptors (Lipinski definition) is 11. The minimum atomic E-state index is -4.68. The number of nitrogens with one attached hydrogen (secondary N) is 2. The summed E-state index contributed by atoms with van der Waals surface area (Å²) in [5.74, 6) is 4.74. The molecule has 1 aromatic carbocycles. The number of anilines is 1. The molecular formula is C15H24N10O4S2. The van der Waals surface area contributed by atoms with Gasteiger partial charge in [-0.3, -0.25) is 0 Å². The predicted molar refractivity (Wildman–Crippen MR) is 116 cm³/mol. The first-order valence-corrected chi connectivity index (χ1v) is 11.6. The summed E-state index contributed by atoms with van der Waals surface area (Å²) in [6.07, 6.45) is 1.42. The van der Waals surface area contributed by atoms with Crippen molar-refractivity contribution < 1.29 is 16.8 Å². The van der Waals surface area contributed by atoms with Crippen molar-refractivity contribution in [2.45, 2.75) is 15.8 Å². The van der Waals surface area contributed by atoms with Crippen molar-refractivity contribution in [1.29, 1.82) is 0 Å². The van der Waals surface area contributed by atoms with Gasteiger partial charge in [0.1, 0.15) is 15.6 Å². The Morgan fingerprint density at radius 1 is 1.10 bits per heavy atom. The minimum absolute atomic E-state index is 0.0256. The number of primary sulfonamides is 1. The molecule has 0 saturated carbocycles. The molecule has 0 bridgehead atoms. The Morgan fingerprint density at radius 3 is 2.26 bits per heavy atom. The van der Waals surface area contributed by atoms with Gasteiger partial charge in [-0.25, -0.2) is 43.1 Å². The maximum atomic E-state index is 13.0. The molecule has 0 aliphatic carbocycles. The fraction of sp³-hybridized carbons (Fsp3) is 0.200. The van der Waals surface area contributed by atoms with Crippen molar-refractivity contribution in [3.05, 3.63) is 36.0 Å². The molecule has 0 radical (unpaired) electrons. The van der Waals surface area contributed by atoms with Gasteiger partial charge in [-0.05, 0) is 23.8 Å². The predicted octanol–water partition coefficient (Wildman–Crippen LogP) is -3.37. The molecule has 1 aromatic heterocycles. The van der Waals surface area contributed by atoms with Crippen LogP contribution in [0, 0.1) is 0 Å². The number of sulfonamides is 2. The van der Waals surface area contributed by atoms with Gasteiger partial charge < -0.3 is 22.9 Å². The molecule has 0 amide bonds. The average molecular weight is 473 g/mol. The van der Waals surface area contributed by atoms with Gasteiger partial charge in [0.05, 0.1) is 0 Å². The Kier molecular flexibility index (Phi) is 7.49. The highest BCUT2D eigenvalue weighted by Gasteiger charge is 2.32. The standard InChI is InChI=1S/C15H24N10O4S2/c16-6-8(7-17)24-31(28,29)11-4-3-9(10-2-1-5-22-14(10)18)12(15(19)23-25-20)13(11)30(21,26)27/h1-5,8,24-25H,6-7,16-17,20H2,(H2,18,22)(H2,19,23)(H2,21,26,27). The van der Waals surface area contributed by atoms with Crippen LogP contribution < -0.4 is 44.2 Å². The van der Waals surface area contributed by atoms with Gasteiger partial charge >= 0.3 is 0 Å². The van der Waals surface area contributed by atoms with E-state index in [4.69, 9.17) is 33.9 Å². The smallest absolute Gasteiger partial charge is 0.242 e. The lowest BCUT2D eigenvalue weighted by atomic mass is 9.99. The van der Waals surface area contributed by atoms with E-state index in [2.05, 4.69) is 14.8 Å². The van der Waals surface area contributed by atoms with Crippen LogP contribution in [0.4, 0.5) is 5.82 Å². The van der Waals surface area contributed by atoms with E-state index >= 15 is 0 Å². The fourth-order valence-electron chi connectivity index (χ4n) is 2.78. The van der Waals surface area contributed by atoms with E-state index < -0.39 is 41.7 Å². The number of benzene rings is 1. The zero-order valence-electron chi connectivity index (χ0n) is 16.2. The highest BCUT2D eigenvalue weighted by Crippen LogP contribution is 2.35. The number of nitrogen functional groups attached to an aromatic ring is 1. The number of nitrogens with two attached hydrogens (primary N) is 6. The van der Waals surface area contributed by atoms with Crippen molar-refractivity contribution in [3.8, 4) is 11.1 Å². The summed E-state index contributed by atoms with van der Waals surface area (Å²) < 4.78 is 53.3. The summed E-state index contributed by atoms with van der Waals surface area (Å²) >= 11 is 0. The SMILES string of the molecule is NCC(CN)NS(=O)(=O)c1ccc(-c2cccnc2N)c(/C(N)=N/NN)c1S(N)(=O)=O. The number of nitrogens with zero attached hydrogens (tertiary/aromatic N) is 2. The molecule has 2 aromatic rings. The zero-order valence-corrected chi connectivity index (χ0v) is 17.8. The Hall–Kier alpha value is -2.86. The average Bonchev–Trinajstić information content (AvgIpc) is 2.70. The lowest BCUT2D eigenvalue weighted by Gasteiger charge is -2.20. The molecule has 1 heterocycles. The van der Waals surface area contributed by atoms with Crippen LogP contribution in [0.5, 0.6) is 0 Å². The number of hydrogen-bond donors (Lipinski definition) is 8. The van der Waals surface area contributed by atoms with Crippen LogP contribution in [0.3, 0.4) is 0 Å². The number of pyridine rings is 1. The van der Waals surface area contributed by atoms with Crippen molar-refractivity contribution in [3.63, 3.8) is 0 Å². The number of amidine groups is 1. The maximum absolute atomic E-state index is 13.0. The first-order valence-electron chi connectivity index (χ1n) is 8.60. The normalized spacial score (nSPS) is 12.9. The molecule has 0 fully saturated rings. The third-order valence-corrected chi connectivity index (χ3v) is 6.84.